The van der Waals surface area contributed by atoms with E-state index in [-0.39, 0.29) is 0 Å². The Bertz CT molecular complexity index is 768. The van der Waals surface area contributed by atoms with Crippen molar-refractivity contribution in [1.82, 2.24) is 0 Å². The first-order chi connectivity index (χ1) is 12.2. The number of nitrogens with zero attached hydrogens (tertiary/aromatic N) is 1. The zero-order valence-corrected chi connectivity index (χ0v) is 15.4. The molecule has 0 aliphatic carbocycles. The quantitative estimate of drug-likeness (QED) is 0.388. The van der Waals surface area contributed by atoms with Crippen molar-refractivity contribution >= 4 is 0 Å². The molecular formula is C24H28N+. The Morgan fingerprint density at radius 1 is 0.680 bits per heavy atom. The maximum Gasteiger partial charge on any atom is 0.171 e. The normalized spacial score (nSPS) is 10.8. The average Bonchev–Trinajstić information content (AvgIpc) is 2.62. The second kappa shape index (κ2) is 8.62. The summed E-state index contributed by atoms with van der Waals surface area (Å²) in [5, 5.41) is 0. The van der Waals surface area contributed by atoms with Gasteiger partial charge >= 0.3 is 0 Å². The Labute approximate surface area is 152 Å². The van der Waals surface area contributed by atoms with E-state index in [1.54, 1.807) is 0 Å². The predicted molar refractivity (Wildman–Crippen MR) is 106 cm³/mol. The van der Waals surface area contributed by atoms with Crippen molar-refractivity contribution in [1.29, 1.82) is 0 Å². The van der Waals surface area contributed by atoms with Crippen molar-refractivity contribution in [3.05, 3.63) is 89.7 Å². The van der Waals surface area contributed by atoms with Crippen molar-refractivity contribution in [2.24, 2.45) is 0 Å². The molecule has 128 valence electrons. The summed E-state index contributed by atoms with van der Waals surface area (Å²) in [6.07, 6.45) is 9.45. The van der Waals surface area contributed by atoms with E-state index in [1.807, 2.05) is 0 Å². The molecule has 0 spiro atoms. The van der Waals surface area contributed by atoms with Gasteiger partial charge in [-0.25, -0.2) is 4.57 Å². The fraction of sp³-hybridized carbons (Fsp3) is 0.292. The molecule has 0 aliphatic rings. The average molecular weight is 330 g/mol. The monoisotopic (exact) mass is 330 g/mol. The molecule has 3 rings (SSSR count). The van der Waals surface area contributed by atoms with Gasteiger partial charge in [0.05, 0.1) is 0 Å². The first-order valence-electron chi connectivity index (χ1n) is 9.32. The van der Waals surface area contributed by atoms with Crippen molar-refractivity contribution in [3.63, 3.8) is 0 Å². The Morgan fingerprint density at radius 3 is 2.00 bits per heavy atom. The fourth-order valence-electron chi connectivity index (χ4n) is 3.42. The van der Waals surface area contributed by atoms with Crippen LogP contribution in [-0.4, -0.2) is 0 Å². The molecule has 25 heavy (non-hydrogen) atoms. The number of benzene rings is 2. The summed E-state index contributed by atoms with van der Waals surface area (Å²) in [4.78, 5) is 0. The standard InChI is InChI=1S/C24H28N/c1-20-17-21(2)19-25(18-20)16-8-4-5-9-22-12-14-24(15-13-22)23-10-6-3-7-11-23/h3,6-7,10-15,17-19H,4-5,8-9,16H2,1-2H3/q+1. The van der Waals surface area contributed by atoms with E-state index in [4.69, 9.17) is 0 Å². The molecule has 0 amide bonds. The smallest absolute Gasteiger partial charge is 0.171 e. The Morgan fingerprint density at radius 2 is 1.32 bits per heavy atom. The van der Waals surface area contributed by atoms with Crippen LogP contribution in [0.1, 0.15) is 36.0 Å². The second-order valence-corrected chi connectivity index (χ2v) is 7.00. The summed E-state index contributed by atoms with van der Waals surface area (Å²) in [5.41, 5.74) is 6.73. The van der Waals surface area contributed by atoms with Gasteiger partial charge in [-0.3, -0.25) is 0 Å². The van der Waals surface area contributed by atoms with Crippen LogP contribution in [0.15, 0.2) is 73.1 Å². The van der Waals surface area contributed by atoms with Gasteiger partial charge in [-0.15, -0.1) is 0 Å². The molecule has 0 aliphatic heterocycles. The van der Waals surface area contributed by atoms with Crippen LogP contribution in [0.25, 0.3) is 11.1 Å². The summed E-state index contributed by atoms with van der Waals surface area (Å²) in [7, 11) is 0. The highest BCUT2D eigenvalue weighted by atomic mass is 14.9. The van der Waals surface area contributed by atoms with Gasteiger partial charge in [0.2, 0.25) is 0 Å². The van der Waals surface area contributed by atoms with E-state index in [0.29, 0.717) is 0 Å². The van der Waals surface area contributed by atoms with E-state index in [1.165, 1.54) is 53.5 Å². The van der Waals surface area contributed by atoms with Crippen LogP contribution < -0.4 is 4.57 Å². The van der Waals surface area contributed by atoms with Gasteiger partial charge in [-0.2, -0.15) is 0 Å². The lowest BCUT2D eigenvalue weighted by Crippen LogP contribution is -2.33. The van der Waals surface area contributed by atoms with Gasteiger partial charge < -0.3 is 0 Å². The van der Waals surface area contributed by atoms with Crippen molar-refractivity contribution < 1.29 is 4.57 Å². The first kappa shape index (κ1) is 17.4. The summed E-state index contributed by atoms with van der Waals surface area (Å²) in [5.74, 6) is 0. The Kier molecular flexibility index (Phi) is 6.00. The summed E-state index contributed by atoms with van der Waals surface area (Å²) in [6.45, 7) is 5.46. The van der Waals surface area contributed by atoms with Crippen LogP contribution in [0.2, 0.25) is 0 Å². The van der Waals surface area contributed by atoms with Crippen LogP contribution in [-0.2, 0) is 13.0 Å². The number of hydrogen-bond acceptors (Lipinski definition) is 0. The minimum Gasteiger partial charge on any atom is -0.205 e. The summed E-state index contributed by atoms with van der Waals surface area (Å²) >= 11 is 0. The van der Waals surface area contributed by atoms with Crippen molar-refractivity contribution in [2.75, 3.05) is 0 Å². The SMILES string of the molecule is Cc1cc(C)c[n+](CCCCCc2ccc(-c3ccccc3)cc2)c1. The molecule has 0 fully saturated rings. The molecule has 0 radical (unpaired) electrons. The number of pyridine rings is 1. The van der Waals surface area contributed by atoms with E-state index in [0.717, 1.165) is 6.54 Å². The molecule has 1 aromatic heterocycles. The maximum atomic E-state index is 2.33. The largest absolute Gasteiger partial charge is 0.205 e. The molecule has 0 N–H and O–H groups in total. The Balaban J connectivity index is 1.43. The van der Waals surface area contributed by atoms with Crippen LogP contribution in [0.3, 0.4) is 0 Å². The third-order valence-corrected chi connectivity index (χ3v) is 4.64. The minimum atomic E-state index is 1.12. The molecule has 0 bridgehead atoms. The number of rotatable bonds is 7. The number of aromatic nitrogens is 1. The summed E-state index contributed by atoms with van der Waals surface area (Å²) in [6, 6.07) is 21.9. The molecule has 1 nitrogen and oxygen atoms in total. The lowest BCUT2D eigenvalue weighted by molar-refractivity contribution is -0.698. The molecule has 1 heterocycles. The lowest BCUT2D eigenvalue weighted by atomic mass is 10.0. The second-order valence-electron chi connectivity index (χ2n) is 7.00. The van der Waals surface area contributed by atoms with E-state index in [2.05, 4.69) is 91.5 Å². The van der Waals surface area contributed by atoms with Gasteiger partial charge in [-0.1, -0.05) is 54.6 Å². The number of hydrogen-bond donors (Lipinski definition) is 0. The van der Waals surface area contributed by atoms with Crippen LogP contribution in [0.4, 0.5) is 0 Å². The number of aryl methyl sites for hydroxylation is 4. The van der Waals surface area contributed by atoms with Gasteiger partial charge in [0.1, 0.15) is 6.54 Å². The van der Waals surface area contributed by atoms with Crippen molar-refractivity contribution in [2.45, 2.75) is 46.1 Å². The third-order valence-electron chi connectivity index (χ3n) is 4.64. The molecular weight excluding hydrogens is 302 g/mol. The minimum absolute atomic E-state index is 1.12. The van der Waals surface area contributed by atoms with Gasteiger partial charge in [-0.05, 0) is 55.9 Å². The highest BCUT2D eigenvalue weighted by Gasteiger charge is 2.03. The molecule has 2 aromatic carbocycles. The van der Waals surface area contributed by atoms with Crippen LogP contribution in [0, 0.1) is 13.8 Å². The van der Waals surface area contributed by atoms with E-state index in [9.17, 15) is 0 Å². The topological polar surface area (TPSA) is 3.88 Å². The Hall–Kier alpha value is -2.41. The van der Waals surface area contributed by atoms with Crippen LogP contribution >= 0.6 is 0 Å². The highest BCUT2D eigenvalue weighted by molar-refractivity contribution is 5.63. The molecule has 0 unspecified atom stereocenters. The number of unbranched alkanes of at least 4 members (excludes halogenated alkanes) is 2. The third kappa shape index (κ3) is 5.29. The molecule has 1 heteroatoms. The predicted octanol–water partition coefficient (Wildman–Crippen LogP) is 5.67. The van der Waals surface area contributed by atoms with Gasteiger partial charge in [0, 0.05) is 17.5 Å². The maximum absolute atomic E-state index is 2.33. The lowest BCUT2D eigenvalue weighted by Gasteiger charge is -2.05. The molecule has 0 atom stereocenters. The van der Waals surface area contributed by atoms with Crippen LogP contribution in [0.5, 0.6) is 0 Å². The zero-order chi connectivity index (χ0) is 17.5. The fourth-order valence-corrected chi connectivity index (χ4v) is 3.42. The van der Waals surface area contributed by atoms with Crippen molar-refractivity contribution in [3.8, 4) is 11.1 Å². The molecule has 0 saturated carbocycles. The van der Waals surface area contributed by atoms with Gasteiger partial charge in [0.25, 0.3) is 0 Å². The molecule has 3 aromatic rings. The first-order valence-corrected chi connectivity index (χ1v) is 9.32. The van der Waals surface area contributed by atoms with E-state index >= 15 is 0 Å². The zero-order valence-electron chi connectivity index (χ0n) is 15.4. The highest BCUT2D eigenvalue weighted by Crippen LogP contribution is 2.20. The van der Waals surface area contributed by atoms with Gasteiger partial charge in [0.15, 0.2) is 12.4 Å². The summed E-state index contributed by atoms with van der Waals surface area (Å²) < 4.78 is 2.33. The van der Waals surface area contributed by atoms with E-state index < -0.39 is 0 Å². The molecule has 0 saturated heterocycles.